The summed E-state index contributed by atoms with van der Waals surface area (Å²) in [7, 11) is 0. The van der Waals surface area contributed by atoms with Gasteiger partial charge >= 0.3 is 0 Å². The zero-order valence-corrected chi connectivity index (χ0v) is 11.7. The first-order valence-electron chi connectivity index (χ1n) is 7.21. The van der Waals surface area contributed by atoms with Gasteiger partial charge in [0.15, 0.2) is 0 Å². The number of ether oxygens (including phenoxy) is 1. The Morgan fingerprint density at radius 3 is 2.94 bits per heavy atom. The third-order valence-corrected chi connectivity index (χ3v) is 4.57. The van der Waals surface area contributed by atoms with Crippen molar-refractivity contribution in [2.75, 3.05) is 19.7 Å². The van der Waals surface area contributed by atoms with Crippen LogP contribution in [-0.2, 0) is 4.74 Å². The minimum absolute atomic E-state index is 0.151. The molecule has 1 aliphatic heterocycles. The Labute approximate surface area is 110 Å². The predicted octanol–water partition coefficient (Wildman–Crippen LogP) is 1.98. The molecule has 2 fully saturated rings. The van der Waals surface area contributed by atoms with Gasteiger partial charge in [0.25, 0.3) is 0 Å². The number of nitrogens with zero attached hydrogens (tertiary/aromatic N) is 1. The van der Waals surface area contributed by atoms with Crippen LogP contribution in [0.5, 0.6) is 0 Å². The molecule has 0 aromatic carbocycles. The number of hydrogen-bond donors (Lipinski definition) is 2. The fraction of sp³-hybridized carbons (Fsp3) is 0.929. The monoisotopic (exact) mass is 253 g/mol. The SMILES string of the molecule is CC(C)(CCCN1CCOC2CCCC21)C(=N)N. The quantitative estimate of drug-likeness (QED) is 0.582. The summed E-state index contributed by atoms with van der Waals surface area (Å²) in [6.45, 7) is 7.21. The number of hydrogen-bond acceptors (Lipinski definition) is 3. The minimum atomic E-state index is -0.151. The van der Waals surface area contributed by atoms with Gasteiger partial charge in [0.05, 0.1) is 18.5 Å². The Morgan fingerprint density at radius 2 is 2.22 bits per heavy atom. The molecule has 1 heterocycles. The van der Waals surface area contributed by atoms with Crippen LogP contribution < -0.4 is 5.73 Å². The molecule has 2 unspecified atom stereocenters. The third kappa shape index (κ3) is 3.04. The van der Waals surface area contributed by atoms with Crippen LogP contribution in [0.25, 0.3) is 0 Å². The van der Waals surface area contributed by atoms with Crippen molar-refractivity contribution in [3.8, 4) is 0 Å². The topological polar surface area (TPSA) is 62.3 Å². The summed E-state index contributed by atoms with van der Waals surface area (Å²) < 4.78 is 5.82. The first-order valence-corrected chi connectivity index (χ1v) is 7.21. The number of fused-ring (bicyclic) bond motifs is 1. The molecule has 2 atom stereocenters. The molecular formula is C14H27N3O. The van der Waals surface area contributed by atoms with Crippen molar-refractivity contribution in [1.82, 2.24) is 4.90 Å². The van der Waals surface area contributed by atoms with Crippen LogP contribution in [-0.4, -0.2) is 42.6 Å². The molecule has 1 aliphatic carbocycles. The van der Waals surface area contributed by atoms with Crippen LogP contribution in [0.1, 0.15) is 46.0 Å². The van der Waals surface area contributed by atoms with Crippen molar-refractivity contribution >= 4 is 5.84 Å². The zero-order chi connectivity index (χ0) is 13.2. The molecule has 0 aromatic heterocycles. The van der Waals surface area contributed by atoms with E-state index in [2.05, 4.69) is 18.7 Å². The van der Waals surface area contributed by atoms with E-state index < -0.39 is 0 Å². The lowest BCUT2D eigenvalue weighted by Gasteiger charge is -2.38. The summed E-state index contributed by atoms with van der Waals surface area (Å²) in [5.74, 6) is 0.309. The lowest BCUT2D eigenvalue weighted by atomic mass is 9.86. The van der Waals surface area contributed by atoms with Crippen molar-refractivity contribution in [1.29, 1.82) is 5.41 Å². The maximum Gasteiger partial charge on any atom is 0.0963 e. The number of rotatable bonds is 5. The molecule has 3 N–H and O–H groups in total. The van der Waals surface area contributed by atoms with Crippen LogP contribution in [0.4, 0.5) is 0 Å². The van der Waals surface area contributed by atoms with E-state index in [0.29, 0.717) is 18.0 Å². The van der Waals surface area contributed by atoms with E-state index in [-0.39, 0.29) is 5.41 Å². The van der Waals surface area contributed by atoms with Gasteiger partial charge in [-0.05, 0) is 38.6 Å². The van der Waals surface area contributed by atoms with Gasteiger partial charge in [0.1, 0.15) is 0 Å². The molecule has 18 heavy (non-hydrogen) atoms. The normalized spacial score (nSPS) is 29.2. The van der Waals surface area contributed by atoms with Gasteiger partial charge in [0.2, 0.25) is 0 Å². The second-order valence-electron chi connectivity index (χ2n) is 6.34. The Bertz CT molecular complexity index is 303. The van der Waals surface area contributed by atoms with Crippen LogP contribution in [0.15, 0.2) is 0 Å². The zero-order valence-electron chi connectivity index (χ0n) is 11.7. The van der Waals surface area contributed by atoms with Gasteiger partial charge in [-0.3, -0.25) is 10.3 Å². The van der Waals surface area contributed by atoms with E-state index in [1.165, 1.54) is 19.3 Å². The average molecular weight is 253 g/mol. The standard InChI is InChI=1S/C14H27N3O/c1-14(2,13(15)16)7-4-8-17-9-10-18-12-6-3-5-11(12)17/h11-12H,3-10H2,1-2H3,(H3,15,16). The lowest BCUT2D eigenvalue weighted by molar-refractivity contribution is -0.0561. The molecule has 1 saturated carbocycles. The van der Waals surface area contributed by atoms with Gasteiger partial charge < -0.3 is 10.5 Å². The minimum Gasteiger partial charge on any atom is -0.387 e. The highest BCUT2D eigenvalue weighted by Crippen LogP contribution is 2.30. The molecule has 4 nitrogen and oxygen atoms in total. The molecule has 0 spiro atoms. The van der Waals surface area contributed by atoms with E-state index in [4.69, 9.17) is 15.9 Å². The van der Waals surface area contributed by atoms with Crippen LogP contribution in [0, 0.1) is 10.8 Å². The summed E-state index contributed by atoms with van der Waals surface area (Å²) in [5.41, 5.74) is 5.47. The van der Waals surface area contributed by atoms with Crippen LogP contribution in [0.2, 0.25) is 0 Å². The Hall–Kier alpha value is -0.610. The molecule has 2 aliphatic rings. The molecule has 0 radical (unpaired) electrons. The summed E-state index contributed by atoms with van der Waals surface area (Å²) in [5, 5.41) is 7.58. The maximum absolute atomic E-state index is 7.58. The maximum atomic E-state index is 7.58. The first-order chi connectivity index (χ1) is 8.50. The third-order valence-electron chi connectivity index (χ3n) is 4.57. The smallest absolute Gasteiger partial charge is 0.0963 e. The average Bonchev–Trinajstić information content (AvgIpc) is 2.77. The summed E-state index contributed by atoms with van der Waals surface area (Å²) in [6.07, 6.45) is 6.44. The summed E-state index contributed by atoms with van der Waals surface area (Å²) in [4.78, 5) is 2.59. The number of nitrogens with one attached hydrogen (secondary N) is 1. The molecule has 1 saturated heterocycles. The predicted molar refractivity (Wildman–Crippen MR) is 73.9 cm³/mol. The van der Waals surface area contributed by atoms with E-state index >= 15 is 0 Å². The number of nitrogens with two attached hydrogens (primary N) is 1. The number of morpholine rings is 1. The molecule has 2 rings (SSSR count). The highest BCUT2D eigenvalue weighted by atomic mass is 16.5. The van der Waals surface area contributed by atoms with Gasteiger partial charge in [-0.25, -0.2) is 0 Å². The van der Waals surface area contributed by atoms with Crippen molar-refractivity contribution in [3.63, 3.8) is 0 Å². The van der Waals surface area contributed by atoms with Crippen LogP contribution >= 0.6 is 0 Å². The summed E-state index contributed by atoms with van der Waals surface area (Å²) >= 11 is 0. The molecule has 4 heteroatoms. The van der Waals surface area contributed by atoms with Gasteiger partial charge in [-0.1, -0.05) is 13.8 Å². The fourth-order valence-electron chi connectivity index (χ4n) is 3.14. The van der Waals surface area contributed by atoms with Crippen molar-refractivity contribution in [2.45, 2.75) is 58.1 Å². The first kappa shape index (κ1) is 13.8. The van der Waals surface area contributed by atoms with Crippen molar-refractivity contribution in [3.05, 3.63) is 0 Å². The van der Waals surface area contributed by atoms with E-state index in [1.54, 1.807) is 0 Å². The number of amidine groups is 1. The van der Waals surface area contributed by atoms with Gasteiger partial charge in [-0.2, -0.15) is 0 Å². The van der Waals surface area contributed by atoms with Crippen molar-refractivity contribution in [2.24, 2.45) is 11.1 Å². The van der Waals surface area contributed by atoms with E-state index in [9.17, 15) is 0 Å². The Morgan fingerprint density at radius 1 is 1.44 bits per heavy atom. The molecule has 104 valence electrons. The van der Waals surface area contributed by atoms with E-state index in [0.717, 1.165) is 32.5 Å². The second kappa shape index (κ2) is 5.57. The lowest BCUT2D eigenvalue weighted by Crippen LogP contribution is -2.48. The fourth-order valence-corrected chi connectivity index (χ4v) is 3.14. The van der Waals surface area contributed by atoms with Gasteiger partial charge in [0, 0.05) is 18.0 Å². The van der Waals surface area contributed by atoms with Gasteiger partial charge in [-0.15, -0.1) is 0 Å². The van der Waals surface area contributed by atoms with Crippen molar-refractivity contribution < 1.29 is 4.74 Å². The molecule has 0 bridgehead atoms. The largest absolute Gasteiger partial charge is 0.387 e. The summed E-state index contributed by atoms with van der Waals surface area (Å²) in [6, 6.07) is 0.652. The Balaban J connectivity index is 1.78. The molecular weight excluding hydrogens is 226 g/mol. The van der Waals surface area contributed by atoms with E-state index in [1.807, 2.05) is 0 Å². The molecule has 0 aromatic rings. The molecule has 0 amide bonds. The van der Waals surface area contributed by atoms with Crippen LogP contribution in [0.3, 0.4) is 0 Å². The Kier molecular flexibility index (Phi) is 4.28. The highest BCUT2D eigenvalue weighted by molar-refractivity contribution is 5.82. The second-order valence-corrected chi connectivity index (χ2v) is 6.34. The highest BCUT2D eigenvalue weighted by Gasteiger charge is 2.35.